The number of nitrogens with zero attached hydrogens (tertiary/aromatic N) is 1. The Morgan fingerprint density at radius 2 is 1.85 bits per heavy atom. The first-order valence-electron chi connectivity index (χ1n) is 11.1. The number of ether oxygens (including phenoxy) is 1. The maximum Gasteiger partial charge on any atom is 0.327 e. The Hall–Kier alpha value is -3.71. The second kappa shape index (κ2) is 10.3. The van der Waals surface area contributed by atoms with Crippen molar-refractivity contribution >= 4 is 39.9 Å². The van der Waals surface area contributed by atoms with E-state index >= 15 is 0 Å². The van der Waals surface area contributed by atoms with Crippen molar-refractivity contribution in [3.8, 4) is 0 Å². The highest BCUT2D eigenvalue weighted by atomic mass is 16.5. The number of esters is 1. The quantitative estimate of drug-likeness (QED) is 0.515. The molecule has 7 heteroatoms. The van der Waals surface area contributed by atoms with Crippen molar-refractivity contribution in [2.75, 3.05) is 29.9 Å². The summed E-state index contributed by atoms with van der Waals surface area (Å²) in [7, 11) is 0. The summed E-state index contributed by atoms with van der Waals surface area (Å²) in [6.45, 7) is 2.60. The van der Waals surface area contributed by atoms with Crippen LogP contribution >= 0.6 is 0 Å². The number of carbonyl (C=O) groups excluding carboxylic acids is 3. The van der Waals surface area contributed by atoms with Crippen molar-refractivity contribution in [1.29, 1.82) is 0 Å². The average molecular weight is 446 g/mol. The van der Waals surface area contributed by atoms with Crippen molar-refractivity contribution in [1.82, 2.24) is 5.32 Å². The Labute approximate surface area is 192 Å². The molecule has 2 amide bonds. The van der Waals surface area contributed by atoms with Crippen LogP contribution in [0.25, 0.3) is 10.8 Å². The summed E-state index contributed by atoms with van der Waals surface area (Å²) in [5.41, 5.74) is 2.12. The molecule has 1 heterocycles. The van der Waals surface area contributed by atoms with Gasteiger partial charge >= 0.3 is 5.97 Å². The molecule has 3 aromatic carbocycles. The van der Waals surface area contributed by atoms with Gasteiger partial charge in [0.15, 0.2) is 0 Å². The molecule has 1 aliphatic heterocycles. The Bertz CT molecular complexity index is 1170. The zero-order valence-electron chi connectivity index (χ0n) is 18.5. The minimum atomic E-state index is -0.782. The summed E-state index contributed by atoms with van der Waals surface area (Å²) in [4.78, 5) is 39.2. The minimum absolute atomic E-state index is 0.0838. The van der Waals surface area contributed by atoms with Crippen LogP contribution in [0.1, 0.15) is 31.4 Å². The van der Waals surface area contributed by atoms with Gasteiger partial charge < -0.3 is 15.0 Å². The van der Waals surface area contributed by atoms with Gasteiger partial charge in [-0.25, -0.2) is 4.79 Å². The summed E-state index contributed by atoms with van der Waals surface area (Å²) in [5, 5.41) is 7.83. The van der Waals surface area contributed by atoms with E-state index in [4.69, 9.17) is 4.74 Å². The second-order valence-corrected chi connectivity index (χ2v) is 7.88. The van der Waals surface area contributed by atoms with Gasteiger partial charge in [-0.15, -0.1) is 0 Å². The molecule has 1 saturated heterocycles. The maximum atomic E-state index is 12.7. The number of fused-ring (bicyclic) bond motifs is 1. The SMILES string of the molecule is CCOC(=O)[C@@H](NCC(=O)Nc1cccc(N2CCCC2=O)c1)c1cccc2ccccc12. The van der Waals surface area contributed by atoms with E-state index in [1.165, 1.54) is 0 Å². The van der Waals surface area contributed by atoms with Crippen molar-refractivity contribution in [3.63, 3.8) is 0 Å². The van der Waals surface area contributed by atoms with Crippen molar-refractivity contribution in [2.45, 2.75) is 25.8 Å². The fourth-order valence-electron chi connectivity index (χ4n) is 4.12. The van der Waals surface area contributed by atoms with Gasteiger partial charge in [0.25, 0.3) is 0 Å². The van der Waals surface area contributed by atoms with Crippen LogP contribution in [-0.4, -0.2) is 37.5 Å². The Kier molecular flexibility index (Phi) is 7.00. The lowest BCUT2D eigenvalue weighted by Crippen LogP contribution is -2.36. The van der Waals surface area contributed by atoms with Crippen LogP contribution in [0, 0.1) is 0 Å². The first-order chi connectivity index (χ1) is 16.1. The Morgan fingerprint density at radius 3 is 2.64 bits per heavy atom. The van der Waals surface area contributed by atoms with Gasteiger partial charge in [0.1, 0.15) is 6.04 Å². The Morgan fingerprint density at radius 1 is 1.06 bits per heavy atom. The molecule has 170 valence electrons. The summed E-state index contributed by atoms with van der Waals surface area (Å²) < 4.78 is 5.27. The van der Waals surface area contributed by atoms with E-state index in [0.29, 0.717) is 18.7 Å². The van der Waals surface area contributed by atoms with Gasteiger partial charge in [-0.1, -0.05) is 48.5 Å². The fourth-order valence-corrected chi connectivity index (χ4v) is 4.12. The summed E-state index contributed by atoms with van der Waals surface area (Å²) in [6, 6.07) is 20.0. The molecule has 0 unspecified atom stereocenters. The lowest BCUT2D eigenvalue weighted by molar-refractivity contribution is -0.145. The smallest absolute Gasteiger partial charge is 0.327 e. The molecule has 1 fully saturated rings. The molecule has 0 saturated carbocycles. The molecule has 0 radical (unpaired) electrons. The normalized spacial score (nSPS) is 14.3. The lowest BCUT2D eigenvalue weighted by Gasteiger charge is -2.20. The summed E-state index contributed by atoms with van der Waals surface area (Å²) >= 11 is 0. The van der Waals surface area contributed by atoms with Crippen LogP contribution in [0.4, 0.5) is 11.4 Å². The minimum Gasteiger partial charge on any atom is -0.465 e. The number of carbonyl (C=O) groups is 3. The first kappa shape index (κ1) is 22.5. The molecule has 1 atom stereocenters. The fraction of sp³-hybridized carbons (Fsp3) is 0.269. The van der Waals surface area contributed by atoms with E-state index in [1.807, 2.05) is 54.6 Å². The van der Waals surface area contributed by atoms with Crippen LogP contribution in [-0.2, 0) is 19.1 Å². The first-order valence-corrected chi connectivity index (χ1v) is 11.1. The lowest BCUT2D eigenvalue weighted by atomic mass is 9.98. The number of amides is 2. The molecule has 3 aromatic rings. The van der Waals surface area contributed by atoms with Gasteiger partial charge in [0, 0.05) is 24.3 Å². The highest BCUT2D eigenvalue weighted by molar-refractivity contribution is 5.97. The van der Waals surface area contributed by atoms with Gasteiger partial charge in [-0.3, -0.25) is 14.9 Å². The molecule has 33 heavy (non-hydrogen) atoms. The van der Waals surface area contributed by atoms with Crippen molar-refractivity contribution in [2.24, 2.45) is 0 Å². The molecule has 0 aliphatic carbocycles. The maximum absolute atomic E-state index is 12.7. The van der Waals surface area contributed by atoms with Crippen molar-refractivity contribution in [3.05, 3.63) is 72.3 Å². The molecule has 0 aromatic heterocycles. The van der Waals surface area contributed by atoms with Crippen LogP contribution in [0.2, 0.25) is 0 Å². The van der Waals surface area contributed by atoms with E-state index in [0.717, 1.165) is 28.4 Å². The molecule has 4 rings (SSSR count). The van der Waals surface area contributed by atoms with E-state index in [9.17, 15) is 14.4 Å². The van der Waals surface area contributed by atoms with Gasteiger partial charge in [0.05, 0.1) is 13.2 Å². The second-order valence-electron chi connectivity index (χ2n) is 7.88. The van der Waals surface area contributed by atoms with E-state index < -0.39 is 12.0 Å². The Balaban J connectivity index is 1.47. The third-order valence-electron chi connectivity index (χ3n) is 5.64. The largest absolute Gasteiger partial charge is 0.465 e. The van der Waals surface area contributed by atoms with Crippen LogP contribution in [0.5, 0.6) is 0 Å². The average Bonchev–Trinajstić information content (AvgIpc) is 3.25. The summed E-state index contributed by atoms with van der Waals surface area (Å²) in [5.74, 6) is -0.641. The number of benzene rings is 3. The zero-order valence-corrected chi connectivity index (χ0v) is 18.5. The zero-order chi connectivity index (χ0) is 23.2. The third kappa shape index (κ3) is 5.21. The predicted molar refractivity (Wildman–Crippen MR) is 128 cm³/mol. The highest BCUT2D eigenvalue weighted by Crippen LogP contribution is 2.26. The van der Waals surface area contributed by atoms with Gasteiger partial charge in [0.2, 0.25) is 11.8 Å². The predicted octanol–water partition coefficient (Wildman–Crippen LogP) is 3.80. The number of anilines is 2. The molecule has 0 bridgehead atoms. The van der Waals surface area contributed by atoms with Gasteiger partial charge in [-0.05, 0) is 47.9 Å². The number of hydrogen-bond donors (Lipinski definition) is 2. The van der Waals surface area contributed by atoms with E-state index in [1.54, 1.807) is 24.0 Å². The van der Waals surface area contributed by atoms with Crippen LogP contribution in [0.15, 0.2) is 66.7 Å². The van der Waals surface area contributed by atoms with Crippen molar-refractivity contribution < 1.29 is 19.1 Å². The van der Waals surface area contributed by atoms with E-state index in [2.05, 4.69) is 10.6 Å². The van der Waals surface area contributed by atoms with Gasteiger partial charge in [-0.2, -0.15) is 0 Å². The molecule has 1 aliphatic rings. The summed E-state index contributed by atoms with van der Waals surface area (Å²) in [6.07, 6.45) is 1.38. The number of rotatable bonds is 8. The highest BCUT2D eigenvalue weighted by Gasteiger charge is 2.25. The number of nitrogens with one attached hydrogen (secondary N) is 2. The molecule has 2 N–H and O–H groups in total. The molecule has 0 spiro atoms. The molecule has 7 nitrogen and oxygen atoms in total. The third-order valence-corrected chi connectivity index (χ3v) is 5.64. The number of hydrogen-bond acceptors (Lipinski definition) is 5. The van der Waals surface area contributed by atoms with E-state index in [-0.39, 0.29) is 25.0 Å². The molecular formula is C26H27N3O4. The standard InChI is InChI=1S/C26H27N3O4/c1-2-33-26(32)25(22-13-5-9-18-8-3-4-12-21(18)22)27-17-23(30)28-19-10-6-11-20(16-19)29-15-7-14-24(29)31/h3-6,8-13,16,25,27H,2,7,14-15,17H2,1H3,(H,28,30)/t25-/m0/s1. The topological polar surface area (TPSA) is 87.7 Å². The molecular weight excluding hydrogens is 418 g/mol. The monoisotopic (exact) mass is 445 g/mol. The van der Waals surface area contributed by atoms with Crippen LogP contribution in [0.3, 0.4) is 0 Å². The van der Waals surface area contributed by atoms with Crippen LogP contribution < -0.4 is 15.5 Å².